The van der Waals surface area contributed by atoms with Gasteiger partial charge in [0.2, 0.25) is 0 Å². The third kappa shape index (κ3) is 1.96. The van der Waals surface area contributed by atoms with Crippen molar-refractivity contribution in [3.63, 3.8) is 0 Å². The first-order valence-electron chi connectivity index (χ1n) is 6.06. The van der Waals surface area contributed by atoms with Crippen molar-refractivity contribution in [3.05, 3.63) is 0 Å². The van der Waals surface area contributed by atoms with Gasteiger partial charge < -0.3 is 5.73 Å². The highest BCUT2D eigenvalue weighted by atomic mass is 15.2. The summed E-state index contributed by atoms with van der Waals surface area (Å²) in [5.74, 6) is 0.872. The van der Waals surface area contributed by atoms with E-state index in [0.29, 0.717) is 11.6 Å². The summed E-state index contributed by atoms with van der Waals surface area (Å²) >= 11 is 0. The minimum atomic E-state index is 0.337. The summed E-state index contributed by atoms with van der Waals surface area (Å²) < 4.78 is 0. The van der Waals surface area contributed by atoms with Gasteiger partial charge in [-0.25, -0.2) is 0 Å². The van der Waals surface area contributed by atoms with Crippen LogP contribution in [-0.4, -0.2) is 29.6 Å². The normalized spacial score (nSPS) is 34.3. The lowest BCUT2D eigenvalue weighted by molar-refractivity contribution is -0.0342. The molecule has 0 aliphatic heterocycles. The molecule has 0 aromatic carbocycles. The monoisotopic (exact) mass is 198 g/mol. The van der Waals surface area contributed by atoms with Gasteiger partial charge >= 0.3 is 0 Å². The van der Waals surface area contributed by atoms with E-state index in [4.69, 9.17) is 5.73 Å². The van der Waals surface area contributed by atoms with Crippen LogP contribution in [-0.2, 0) is 0 Å². The van der Waals surface area contributed by atoms with Gasteiger partial charge in [-0.3, -0.25) is 4.90 Å². The molecule has 1 atom stereocenters. The van der Waals surface area contributed by atoms with Crippen molar-refractivity contribution in [1.82, 2.24) is 4.90 Å². The summed E-state index contributed by atoms with van der Waals surface area (Å²) in [6.07, 6.45) is 3.81. The molecule has 1 aliphatic rings. The van der Waals surface area contributed by atoms with E-state index in [-0.39, 0.29) is 0 Å². The van der Waals surface area contributed by atoms with E-state index in [9.17, 15) is 0 Å². The summed E-state index contributed by atoms with van der Waals surface area (Å²) in [4.78, 5) is 2.62. The average Bonchev–Trinajstić information content (AvgIpc) is 2.15. The van der Waals surface area contributed by atoms with Gasteiger partial charge in [-0.15, -0.1) is 0 Å². The second-order valence-corrected chi connectivity index (χ2v) is 4.99. The van der Waals surface area contributed by atoms with Crippen molar-refractivity contribution >= 4 is 0 Å². The molecule has 1 rings (SSSR count). The highest BCUT2D eigenvalue weighted by Crippen LogP contribution is 2.42. The Balaban J connectivity index is 2.66. The molecule has 2 nitrogen and oxygen atoms in total. The maximum atomic E-state index is 5.96. The highest BCUT2D eigenvalue weighted by Gasteiger charge is 2.45. The van der Waals surface area contributed by atoms with Gasteiger partial charge in [-0.2, -0.15) is 0 Å². The van der Waals surface area contributed by atoms with Gasteiger partial charge in [0, 0.05) is 18.1 Å². The Hall–Kier alpha value is -0.0800. The molecule has 1 unspecified atom stereocenters. The topological polar surface area (TPSA) is 29.3 Å². The fourth-order valence-corrected chi connectivity index (χ4v) is 3.09. The zero-order chi connectivity index (χ0) is 10.8. The van der Waals surface area contributed by atoms with Crippen molar-refractivity contribution in [2.75, 3.05) is 13.1 Å². The lowest BCUT2D eigenvalue weighted by Crippen LogP contribution is -2.63. The largest absolute Gasteiger partial charge is 0.329 e. The molecule has 1 fully saturated rings. The van der Waals surface area contributed by atoms with Crippen molar-refractivity contribution in [3.8, 4) is 0 Å². The maximum absolute atomic E-state index is 5.96. The van der Waals surface area contributed by atoms with Crippen LogP contribution in [0.5, 0.6) is 0 Å². The molecule has 0 saturated heterocycles. The van der Waals surface area contributed by atoms with Crippen LogP contribution in [0.3, 0.4) is 0 Å². The Kier molecular flexibility index (Phi) is 3.96. The summed E-state index contributed by atoms with van der Waals surface area (Å²) in [5, 5.41) is 0. The van der Waals surface area contributed by atoms with Crippen molar-refractivity contribution in [1.29, 1.82) is 0 Å². The van der Waals surface area contributed by atoms with Crippen molar-refractivity contribution in [2.45, 2.75) is 58.5 Å². The van der Waals surface area contributed by atoms with Crippen molar-refractivity contribution < 1.29 is 0 Å². The third-order valence-corrected chi connectivity index (χ3v) is 3.91. The predicted octanol–water partition coefficient (Wildman–Crippen LogP) is 2.23. The minimum absolute atomic E-state index is 0.337. The number of hydrogen-bond donors (Lipinski definition) is 1. The maximum Gasteiger partial charge on any atom is 0.0339 e. The fourth-order valence-electron chi connectivity index (χ4n) is 3.09. The summed E-state index contributed by atoms with van der Waals surface area (Å²) in [6.45, 7) is 11.1. The first-order chi connectivity index (χ1) is 6.59. The molecule has 1 aliphatic carbocycles. The van der Waals surface area contributed by atoms with E-state index >= 15 is 0 Å². The summed E-state index contributed by atoms with van der Waals surface area (Å²) in [6, 6.07) is 0.677. The van der Waals surface area contributed by atoms with E-state index in [1.54, 1.807) is 0 Å². The van der Waals surface area contributed by atoms with Crippen LogP contribution in [0.4, 0.5) is 0 Å². The molecule has 0 heterocycles. The molecule has 0 bridgehead atoms. The van der Waals surface area contributed by atoms with Crippen LogP contribution in [0.25, 0.3) is 0 Å². The van der Waals surface area contributed by atoms with E-state index < -0.39 is 0 Å². The molecule has 0 radical (unpaired) electrons. The Morgan fingerprint density at radius 3 is 2.29 bits per heavy atom. The molecule has 0 aromatic rings. The van der Waals surface area contributed by atoms with Gasteiger partial charge in [0.15, 0.2) is 0 Å². The van der Waals surface area contributed by atoms with Crippen LogP contribution in [0.2, 0.25) is 0 Å². The fraction of sp³-hybridized carbons (Fsp3) is 1.00. The SMILES string of the molecule is CCC(C)N(CC)C1(CN)CC(C)C1. The number of likely N-dealkylation sites (N-methyl/N-ethyl adjacent to an activating group) is 1. The lowest BCUT2D eigenvalue weighted by Gasteiger charge is -2.55. The summed E-state index contributed by atoms with van der Waals surface area (Å²) in [7, 11) is 0. The first-order valence-corrected chi connectivity index (χ1v) is 6.06. The molecule has 2 N–H and O–H groups in total. The van der Waals surface area contributed by atoms with E-state index in [1.165, 1.54) is 19.3 Å². The second-order valence-electron chi connectivity index (χ2n) is 4.99. The van der Waals surface area contributed by atoms with Crippen LogP contribution in [0.1, 0.15) is 47.0 Å². The quantitative estimate of drug-likeness (QED) is 0.734. The van der Waals surface area contributed by atoms with Crippen LogP contribution in [0.15, 0.2) is 0 Å². The molecular formula is C12H26N2. The molecule has 0 aromatic heterocycles. The van der Waals surface area contributed by atoms with Crippen LogP contribution >= 0.6 is 0 Å². The molecule has 84 valence electrons. The molecule has 14 heavy (non-hydrogen) atoms. The first kappa shape index (κ1) is 12.0. The standard InChI is InChI=1S/C12H26N2/c1-5-11(4)14(6-2)12(9-13)7-10(3)8-12/h10-11H,5-9,13H2,1-4H3. The Labute approximate surface area is 88.8 Å². The van der Waals surface area contributed by atoms with Crippen molar-refractivity contribution in [2.24, 2.45) is 11.7 Å². The molecular weight excluding hydrogens is 172 g/mol. The summed E-state index contributed by atoms with van der Waals surface area (Å²) in [5.41, 5.74) is 6.30. The average molecular weight is 198 g/mol. The van der Waals surface area contributed by atoms with E-state index in [0.717, 1.165) is 19.0 Å². The van der Waals surface area contributed by atoms with Crippen LogP contribution in [0, 0.1) is 5.92 Å². The van der Waals surface area contributed by atoms with Crippen LogP contribution < -0.4 is 5.73 Å². The smallest absolute Gasteiger partial charge is 0.0339 e. The minimum Gasteiger partial charge on any atom is -0.329 e. The molecule has 2 heteroatoms. The second kappa shape index (κ2) is 4.63. The predicted molar refractivity (Wildman–Crippen MR) is 62.3 cm³/mol. The Morgan fingerprint density at radius 1 is 1.43 bits per heavy atom. The zero-order valence-electron chi connectivity index (χ0n) is 10.2. The van der Waals surface area contributed by atoms with Gasteiger partial charge in [0.05, 0.1) is 0 Å². The number of hydrogen-bond acceptors (Lipinski definition) is 2. The third-order valence-electron chi connectivity index (χ3n) is 3.91. The number of nitrogens with two attached hydrogens (primary N) is 1. The van der Waals surface area contributed by atoms with Gasteiger partial charge in [0.25, 0.3) is 0 Å². The lowest BCUT2D eigenvalue weighted by atomic mass is 9.67. The molecule has 0 amide bonds. The Morgan fingerprint density at radius 2 is 2.00 bits per heavy atom. The van der Waals surface area contributed by atoms with E-state index in [1.807, 2.05) is 0 Å². The highest BCUT2D eigenvalue weighted by molar-refractivity contribution is 5.03. The van der Waals surface area contributed by atoms with E-state index in [2.05, 4.69) is 32.6 Å². The number of rotatable bonds is 5. The van der Waals surface area contributed by atoms with Gasteiger partial charge in [-0.1, -0.05) is 20.8 Å². The number of nitrogens with zero attached hydrogens (tertiary/aromatic N) is 1. The zero-order valence-corrected chi connectivity index (χ0v) is 10.2. The van der Waals surface area contributed by atoms with Gasteiger partial charge in [0.1, 0.15) is 0 Å². The Bertz CT molecular complexity index is 173. The molecule has 1 saturated carbocycles. The van der Waals surface area contributed by atoms with Gasteiger partial charge in [-0.05, 0) is 38.6 Å². The molecule has 0 spiro atoms.